The molecule has 1 aliphatic carbocycles. The molecule has 2 aromatic rings. The van der Waals surface area contributed by atoms with Crippen molar-refractivity contribution in [2.24, 2.45) is 5.92 Å². The minimum absolute atomic E-state index is 0.0203. The fraction of sp³-hybridized carbons (Fsp3) is 0.455. The molecule has 0 amide bonds. The van der Waals surface area contributed by atoms with Gasteiger partial charge < -0.3 is 0 Å². The van der Waals surface area contributed by atoms with Crippen LogP contribution in [0.1, 0.15) is 62.5 Å². The molecule has 0 aliphatic heterocycles. The van der Waals surface area contributed by atoms with Crippen molar-refractivity contribution in [3.63, 3.8) is 0 Å². The third kappa shape index (κ3) is 4.73. The molecule has 0 N–H and O–H groups in total. The van der Waals surface area contributed by atoms with E-state index in [9.17, 15) is 26.3 Å². The van der Waals surface area contributed by atoms with Crippen LogP contribution in [0.3, 0.4) is 0 Å². The van der Waals surface area contributed by atoms with E-state index in [0.717, 1.165) is 38.5 Å². The first-order chi connectivity index (χ1) is 13.6. The van der Waals surface area contributed by atoms with E-state index < -0.39 is 45.3 Å². The van der Waals surface area contributed by atoms with Gasteiger partial charge in [-0.2, -0.15) is 8.78 Å². The summed E-state index contributed by atoms with van der Waals surface area (Å²) in [5, 5.41) is -4.27. The number of alkyl halides is 3. The Labute approximate surface area is 170 Å². The van der Waals surface area contributed by atoms with E-state index in [0.29, 0.717) is 23.6 Å². The molecular weight excluding hydrogens is 414 g/mol. The van der Waals surface area contributed by atoms with Crippen LogP contribution >= 0.6 is 11.6 Å². The monoisotopic (exact) mass is 434 g/mol. The molecule has 0 aromatic heterocycles. The van der Waals surface area contributed by atoms with Crippen molar-refractivity contribution in [1.82, 2.24) is 0 Å². The molecule has 29 heavy (non-hydrogen) atoms. The summed E-state index contributed by atoms with van der Waals surface area (Å²) in [6, 6.07) is 3.27. The largest absolute Gasteiger partial charge is 0.353 e. The summed E-state index contributed by atoms with van der Waals surface area (Å²) in [6.07, 6.45) is 5.89. The quantitative estimate of drug-likeness (QED) is 0.328. The predicted octanol–water partition coefficient (Wildman–Crippen LogP) is 8.27. The van der Waals surface area contributed by atoms with Crippen molar-refractivity contribution in [2.45, 2.75) is 56.7 Å². The van der Waals surface area contributed by atoms with Crippen LogP contribution in [0.4, 0.5) is 26.3 Å². The first kappa shape index (κ1) is 22.0. The molecule has 1 saturated carbocycles. The normalized spacial score (nSPS) is 20.1. The summed E-state index contributed by atoms with van der Waals surface area (Å²) < 4.78 is 83.6. The molecule has 3 rings (SSSR count). The van der Waals surface area contributed by atoms with Crippen molar-refractivity contribution in [3.05, 3.63) is 58.7 Å². The van der Waals surface area contributed by atoms with Gasteiger partial charge in [0, 0.05) is 0 Å². The molecule has 0 bridgehead atoms. The van der Waals surface area contributed by atoms with Crippen LogP contribution in [0.2, 0.25) is 0 Å². The zero-order chi connectivity index (χ0) is 21.3. The van der Waals surface area contributed by atoms with Crippen LogP contribution in [-0.4, -0.2) is 0 Å². The highest BCUT2D eigenvalue weighted by Crippen LogP contribution is 2.41. The lowest BCUT2D eigenvalue weighted by atomic mass is 9.77. The van der Waals surface area contributed by atoms with Gasteiger partial charge in [-0.1, -0.05) is 19.8 Å². The lowest BCUT2D eigenvalue weighted by Crippen LogP contribution is -2.14. The average Bonchev–Trinajstić information content (AvgIpc) is 2.60. The Kier molecular flexibility index (Phi) is 6.51. The van der Waals surface area contributed by atoms with Gasteiger partial charge in [0.05, 0.1) is 5.56 Å². The van der Waals surface area contributed by atoms with E-state index in [1.165, 1.54) is 12.1 Å². The topological polar surface area (TPSA) is 0 Å². The van der Waals surface area contributed by atoms with Crippen LogP contribution in [0.15, 0.2) is 24.3 Å². The van der Waals surface area contributed by atoms with E-state index in [2.05, 4.69) is 6.92 Å². The molecule has 0 radical (unpaired) electrons. The van der Waals surface area contributed by atoms with Gasteiger partial charge in [-0.15, -0.1) is 0 Å². The highest BCUT2D eigenvalue weighted by atomic mass is 35.5. The van der Waals surface area contributed by atoms with Gasteiger partial charge >= 0.3 is 5.38 Å². The molecule has 0 heterocycles. The van der Waals surface area contributed by atoms with Gasteiger partial charge in [0.1, 0.15) is 28.8 Å². The maximum Gasteiger partial charge on any atom is 0.353 e. The second-order valence-corrected chi connectivity index (χ2v) is 8.15. The molecule has 1 fully saturated rings. The summed E-state index contributed by atoms with van der Waals surface area (Å²) in [5.74, 6) is -4.66. The minimum Gasteiger partial charge on any atom is -0.206 e. The fourth-order valence-corrected chi connectivity index (χ4v) is 4.47. The molecule has 1 aliphatic rings. The SMILES string of the molecule is CCCC1CCC(c2cc(F)c(-c3cc(F)c(C(F)(F)Cl)c(F)c3)c(F)c2)CC1. The number of halogens is 7. The molecule has 0 atom stereocenters. The number of hydrogen-bond donors (Lipinski definition) is 0. The summed E-state index contributed by atoms with van der Waals surface area (Å²) in [6.45, 7) is 2.13. The van der Waals surface area contributed by atoms with Gasteiger partial charge in [-0.3, -0.25) is 0 Å². The van der Waals surface area contributed by atoms with Crippen molar-refractivity contribution < 1.29 is 26.3 Å². The van der Waals surface area contributed by atoms with Gasteiger partial charge in [-0.05, 0) is 84.5 Å². The minimum atomic E-state index is -4.27. The molecular formula is C22H21ClF6. The summed E-state index contributed by atoms with van der Waals surface area (Å²) >= 11 is 4.71. The molecule has 0 nitrogen and oxygen atoms in total. The molecule has 0 spiro atoms. The maximum atomic E-state index is 14.7. The number of benzene rings is 2. The van der Waals surface area contributed by atoms with Crippen molar-refractivity contribution in [1.29, 1.82) is 0 Å². The summed E-state index contributed by atoms with van der Waals surface area (Å²) in [7, 11) is 0. The van der Waals surface area contributed by atoms with E-state index in [-0.39, 0.29) is 5.92 Å². The third-order valence-electron chi connectivity index (χ3n) is 5.69. The molecule has 2 aromatic carbocycles. The first-order valence-electron chi connectivity index (χ1n) is 9.67. The first-order valence-corrected chi connectivity index (χ1v) is 10.0. The Hall–Kier alpha value is -1.69. The number of rotatable bonds is 5. The molecule has 0 unspecified atom stereocenters. The van der Waals surface area contributed by atoms with Gasteiger partial charge in [0.15, 0.2) is 0 Å². The lowest BCUT2D eigenvalue weighted by Gasteiger charge is -2.29. The highest BCUT2D eigenvalue weighted by molar-refractivity contribution is 6.21. The second-order valence-electron chi connectivity index (χ2n) is 7.68. The Morgan fingerprint density at radius 1 is 0.862 bits per heavy atom. The van der Waals surface area contributed by atoms with Crippen LogP contribution in [0.25, 0.3) is 11.1 Å². The lowest BCUT2D eigenvalue weighted by molar-refractivity contribution is 0.0859. The smallest absolute Gasteiger partial charge is 0.206 e. The molecule has 7 heteroatoms. The second kappa shape index (κ2) is 8.58. The maximum absolute atomic E-state index is 14.7. The van der Waals surface area contributed by atoms with Crippen molar-refractivity contribution in [2.75, 3.05) is 0 Å². The zero-order valence-corrected chi connectivity index (χ0v) is 16.6. The third-order valence-corrected chi connectivity index (χ3v) is 5.88. The zero-order valence-electron chi connectivity index (χ0n) is 15.9. The van der Waals surface area contributed by atoms with Gasteiger partial charge in [0.2, 0.25) is 0 Å². The Balaban J connectivity index is 1.91. The average molecular weight is 435 g/mol. The van der Waals surface area contributed by atoms with Gasteiger partial charge in [0.25, 0.3) is 0 Å². The van der Waals surface area contributed by atoms with Crippen LogP contribution < -0.4 is 0 Å². The van der Waals surface area contributed by atoms with E-state index in [1.807, 2.05) is 0 Å². The van der Waals surface area contributed by atoms with Crippen molar-refractivity contribution >= 4 is 11.6 Å². The molecule has 158 valence electrons. The highest BCUT2D eigenvalue weighted by Gasteiger charge is 2.36. The van der Waals surface area contributed by atoms with E-state index >= 15 is 0 Å². The fourth-order valence-electron chi connectivity index (χ4n) is 4.29. The Morgan fingerprint density at radius 2 is 1.38 bits per heavy atom. The Bertz CT molecular complexity index is 835. The standard InChI is InChI=1S/C22H21ClF6/c1-2-3-12-4-6-13(7-5-12)14-8-16(24)20(17(25)9-14)15-10-18(26)21(19(27)11-15)22(23,28)29/h8-13H,2-7H2,1H3. The van der Waals surface area contributed by atoms with Crippen LogP contribution in [0.5, 0.6) is 0 Å². The molecule has 0 saturated heterocycles. The van der Waals surface area contributed by atoms with Gasteiger partial charge in [-0.25, -0.2) is 17.6 Å². The van der Waals surface area contributed by atoms with Crippen molar-refractivity contribution in [3.8, 4) is 11.1 Å². The number of hydrogen-bond acceptors (Lipinski definition) is 0. The summed E-state index contributed by atoms with van der Waals surface area (Å²) in [5.41, 5.74) is -2.30. The predicted molar refractivity (Wildman–Crippen MR) is 101 cm³/mol. The Morgan fingerprint density at radius 3 is 1.83 bits per heavy atom. The summed E-state index contributed by atoms with van der Waals surface area (Å²) in [4.78, 5) is 0. The van der Waals surface area contributed by atoms with E-state index in [4.69, 9.17) is 11.6 Å². The van der Waals surface area contributed by atoms with Crippen LogP contribution in [0, 0.1) is 29.2 Å². The van der Waals surface area contributed by atoms with E-state index in [1.54, 1.807) is 0 Å². The van der Waals surface area contributed by atoms with Crippen LogP contribution in [-0.2, 0) is 5.38 Å².